The third-order valence-electron chi connectivity index (χ3n) is 5.32. The van der Waals surface area contributed by atoms with Crippen LogP contribution in [0.15, 0.2) is 121 Å². The van der Waals surface area contributed by atoms with Gasteiger partial charge in [-0.1, -0.05) is 84.9 Å². The summed E-state index contributed by atoms with van der Waals surface area (Å²) in [5.74, 6) is 0. The Morgan fingerprint density at radius 1 is 0.500 bits per heavy atom. The van der Waals surface area contributed by atoms with Gasteiger partial charge in [0.05, 0.1) is 6.61 Å². The second kappa shape index (κ2) is 8.52. The first-order valence-corrected chi connectivity index (χ1v) is 11.4. The summed E-state index contributed by atoms with van der Waals surface area (Å²) in [6.07, 6.45) is 0. The SMILES string of the molecule is OCC(c1ccccc1)[P+](c1ccccc1)(c1ccccc1)c1ccccc1. The van der Waals surface area contributed by atoms with E-state index < -0.39 is 7.26 Å². The van der Waals surface area contributed by atoms with Crippen LogP contribution in [0.2, 0.25) is 0 Å². The summed E-state index contributed by atoms with van der Waals surface area (Å²) in [6.45, 7) is 0.0937. The lowest BCUT2D eigenvalue weighted by Crippen LogP contribution is -2.36. The van der Waals surface area contributed by atoms with Crippen LogP contribution >= 0.6 is 7.26 Å². The molecule has 1 N–H and O–H groups in total. The summed E-state index contributed by atoms with van der Waals surface area (Å²) in [5.41, 5.74) is 1.16. The second-order valence-electron chi connectivity index (χ2n) is 6.84. The van der Waals surface area contributed by atoms with Gasteiger partial charge in [-0.05, 0) is 42.0 Å². The summed E-state index contributed by atoms with van der Waals surface area (Å²) in [6, 6.07) is 42.6. The molecule has 0 radical (unpaired) electrons. The number of hydrogen-bond donors (Lipinski definition) is 1. The van der Waals surface area contributed by atoms with E-state index in [-0.39, 0.29) is 12.3 Å². The first-order chi connectivity index (χ1) is 13.9. The molecule has 4 rings (SSSR count). The molecule has 0 aliphatic carbocycles. The van der Waals surface area contributed by atoms with Crippen LogP contribution in [0.4, 0.5) is 0 Å². The van der Waals surface area contributed by atoms with Gasteiger partial charge in [-0.3, -0.25) is 0 Å². The Labute approximate surface area is 167 Å². The van der Waals surface area contributed by atoms with Crippen LogP contribution in [0, 0.1) is 0 Å². The normalized spacial score (nSPS) is 12.5. The monoisotopic (exact) mass is 383 g/mol. The van der Waals surface area contributed by atoms with E-state index >= 15 is 0 Å². The Bertz CT molecular complexity index is 889. The van der Waals surface area contributed by atoms with Gasteiger partial charge in [-0.25, -0.2) is 0 Å². The summed E-state index contributed by atoms with van der Waals surface area (Å²) in [5, 5.41) is 14.6. The Morgan fingerprint density at radius 2 is 0.821 bits per heavy atom. The number of benzene rings is 4. The molecule has 0 aromatic heterocycles. The molecule has 4 aromatic carbocycles. The molecule has 0 aliphatic heterocycles. The molecule has 4 aromatic rings. The average Bonchev–Trinajstić information content (AvgIpc) is 2.80. The zero-order valence-electron chi connectivity index (χ0n) is 15.7. The first-order valence-electron chi connectivity index (χ1n) is 9.58. The third-order valence-corrected chi connectivity index (χ3v) is 10.0. The lowest BCUT2D eigenvalue weighted by atomic mass is 10.1. The molecule has 0 saturated carbocycles. The minimum atomic E-state index is -2.14. The van der Waals surface area contributed by atoms with Crippen LogP contribution in [0.3, 0.4) is 0 Å². The highest BCUT2D eigenvalue weighted by Gasteiger charge is 2.52. The van der Waals surface area contributed by atoms with Crippen molar-refractivity contribution in [3.8, 4) is 0 Å². The quantitative estimate of drug-likeness (QED) is 0.478. The molecule has 0 amide bonds. The second-order valence-corrected chi connectivity index (χ2v) is 10.5. The largest absolute Gasteiger partial charge is 0.392 e. The molecule has 28 heavy (non-hydrogen) atoms. The standard InChI is InChI=1S/C26H24OP/c27-21-26(22-13-5-1-6-14-22)28(23-15-7-2-8-16-23,24-17-9-3-10-18-24)25-19-11-4-12-20-25/h1-20,26-27H,21H2/q+1. The van der Waals surface area contributed by atoms with Crippen LogP contribution in [0.5, 0.6) is 0 Å². The fourth-order valence-corrected chi connectivity index (χ4v) is 8.87. The molecule has 0 saturated heterocycles. The van der Waals surface area contributed by atoms with E-state index in [1.807, 2.05) is 6.07 Å². The molecule has 1 unspecified atom stereocenters. The van der Waals surface area contributed by atoms with Gasteiger partial charge in [-0.15, -0.1) is 0 Å². The van der Waals surface area contributed by atoms with Crippen molar-refractivity contribution in [3.63, 3.8) is 0 Å². The Kier molecular flexibility index (Phi) is 5.67. The van der Waals surface area contributed by atoms with Crippen molar-refractivity contribution >= 4 is 23.2 Å². The van der Waals surface area contributed by atoms with Crippen molar-refractivity contribution in [2.45, 2.75) is 5.66 Å². The van der Waals surface area contributed by atoms with Crippen LogP contribution in [0.25, 0.3) is 0 Å². The zero-order valence-corrected chi connectivity index (χ0v) is 16.6. The molecule has 0 fully saturated rings. The average molecular weight is 383 g/mol. The van der Waals surface area contributed by atoms with E-state index in [4.69, 9.17) is 0 Å². The van der Waals surface area contributed by atoms with E-state index in [0.29, 0.717) is 0 Å². The fourth-order valence-electron chi connectivity index (χ4n) is 4.10. The van der Waals surface area contributed by atoms with Gasteiger partial charge in [-0.2, -0.15) is 0 Å². The lowest BCUT2D eigenvalue weighted by molar-refractivity contribution is 0.294. The maximum Gasteiger partial charge on any atom is 0.132 e. The molecule has 0 aliphatic rings. The molecule has 138 valence electrons. The maximum absolute atomic E-state index is 10.7. The van der Waals surface area contributed by atoms with E-state index in [1.165, 1.54) is 21.5 Å². The number of aliphatic hydroxyl groups excluding tert-OH is 1. The Morgan fingerprint density at radius 3 is 1.14 bits per heavy atom. The molecule has 2 heteroatoms. The highest BCUT2D eigenvalue weighted by molar-refractivity contribution is 7.96. The van der Waals surface area contributed by atoms with Crippen LogP contribution in [0.1, 0.15) is 11.2 Å². The third kappa shape index (κ3) is 3.29. The van der Waals surface area contributed by atoms with Crippen LogP contribution < -0.4 is 15.9 Å². The van der Waals surface area contributed by atoms with E-state index in [2.05, 4.69) is 115 Å². The molecular formula is C26H24OP+. The smallest absolute Gasteiger partial charge is 0.132 e. The van der Waals surface area contributed by atoms with Crippen molar-refractivity contribution in [3.05, 3.63) is 127 Å². The lowest BCUT2D eigenvalue weighted by Gasteiger charge is -2.34. The van der Waals surface area contributed by atoms with Crippen molar-refractivity contribution in [2.24, 2.45) is 0 Å². The van der Waals surface area contributed by atoms with E-state index in [1.54, 1.807) is 0 Å². The van der Waals surface area contributed by atoms with Crippen molar-refractivity contribution in [1.82, 2.24) is 0 Å². The molecule has 0 bridgehead atoms. The number of rotatable bonds is 6. The van der Waals surface area contributed by atoms with Crippen molar-refractivity contribution < 1.29 is 5.11 Å². The van der Waals surface area contributed by atoms with Crippen molar-refractivity contribution in [2.75, 3.05) is 6.61 Å². The summed E-state index contributed by atoms with van der Waals surface area (Å²) >= 11 is 0. The first kappa shape index (κ1) is 18.6. The summed E-state index contributed by atoms with van der Waals surface area (Å²) in [7, 11) is -2.14. The molecule has 1 nitrogen and oxygen atoms in total. The number of aliphatic hydroxyl groups is 1. The summed E-state index contributed by atoms with van der Waals surface area (Å²) < 4.78 is 0. The predicted octanol–water partition coefficient (Wildman–Crippen LogP) is 4.71. The van der Waals surface area contributed by atoms with Gasteiger partial charge in [0.1, 0.15) is 28.8 Å². The maximum atomic E-state index is 10.7. The zero-order chi connectivity index (χ0) is 19.2. The highest BCUT2D eigenvalue weighted by atomic mass is 31.2. The fraction of sp³-hybridized carbons (Fsp3) is 0.0769. The predicted molar refractivity (Wildman–Crippen MR) is 121 cm³/mol. The Balaban J connectivity index is 2.10. The van der Waals surface area contributed by atoms with Crippen LogP contribution in [-0.2, 0) is 0 Å². The van der Waals surface area contributed by atoms with Gasteiger partial charge in [0.15, 0.2) is 0 Å². The highest BCUT2D eigenvalue weighted by Crippen LogP contribution is 2.66. The van der Waals surface area contributed by atoms with E-state index in [0.717, 1.165) is 0 Å². The van der Waals surface area contributed by atoms with Crippen LogP contribution in [-0.4, -0.2) is 11.7 Å². The molecule has 0 spiro atoms. The Hall–Kier alpha value is -2.73. The molecule has 1 atom stereocenters. The van der Waals surface area contributed by atoms with Gasteiger partial charge >= 0.3 is 0 Å². The van der Waals surface area contributed by atoms with Gasteiger partial charge in [0.2, 0.25) is 0 Å². The minimum Gasteiger partial charge on any atom is -0.392 e. The van der Waals surface area contributed by atoms with Gasteiger partial charge in [0.25, 0.3) is 0 Å². The minimum absolute atomic E-state index is 0.0131. The molecular weight excluding hydrogens is 359 g/mol. The van der Waals surface area contributed by atoms with Crippen molar-refractivity contribution in [1.29, 1.82) is 0 Å². The molecule has 0 heterocycles. The van der Waals surface area contributed by atoms with E-state index in [9.17, 15) is 5.11 Å². The summed E-state index contributed by atoms with van der Waals surface area (Å²) in [4.78, 5) is 0. The van der Waals surface area contributed by atoms with Gasteiger partial charge in [0, 0.05) is 0 Å². The van der Waals surface area contributed by atoms with Gasteiger partial charge < -0.3 is 5.11 Å². The number of hydrogen-bond acceptors (Lipinski definition) is 1. The topological polar surface area (TPSA) is 20.2 Å².